The van der Waals surface area contributed by atoms with E-state index in [2.05, 4.69) is 9.80 Å². The lowest BCUT2D eigenvalue weighted by atomic mass is 10.2. The Hall–Kier alpha value is -1.00. The van der Waals surface area contributed by atoms with E-state index >= 15 is 0 Å². The zero-order valence-electron chi connectivity index (χ0n) is 13.5. The van der Waals surface area contributed by atoms with Crippen molar-refractivity contribution in [1.29, 1.82) is 0 Å². The summed E-state index contributed by atoms with van der Waals surface area (Å²) in [7, 11) is 0. The number of benzene rings is 1. The Balaban J connectivity index is 1.66. The van der Waals surface area contributed by atoms with Crippen molar-refractivity contribution < 1.29 is 4.79 Å². The average Bonchev–Trinajstić information content (AvgIpc) is 2.99. The summed E-state index contributed by atoms with van der Waals surface area (Å²) in [6.07, 6.45) is 8.60. The Morgan fingerprint density at radius 1 is 1.05 bits per heavy atom. The first-order chi connectivity index (χ1) is 10.8. The molecule has 1 amide bonds. The molecule has 2 aliphatic rings. The van der Waals surface area contributed by atoms with Crippen molar-refractivity contribution in [1.82, 2.24) is 9.80 Å². The zero-order valence-corrected chi connectivity index (χ0v) is 14.3. The Morgan fingerprint density at radius 3 is 2.59 bits per heavy atom. The Kier molecular flexibility index (Phi) is 5.42. The highest BCUT2D eigenvalue weighted by Crippen LogP contribution is 2.25. The van der Waals surface area contributed by atoms with Gasteiger partial charge in [-0.2, -0.15) is 0 Å². The van der Waals surface area contributed by atoms with Gasteiger partial charge >= 0.3 is 0 Å². The van der Waals surface area contributed by atoms with Gasteiger partial charge in [0.1, 0.15) is 0 Å². The van der Waals surface area contributed by atoms with Gasteiger partial charge in [-0.1, -0.05) is 25.0 Å². The van der Waals surface area contributed by atoms with Crippen LogP contribution in [0.25, 0.3) is 0 Å². The molecule has 22 heavy (non-hydrogen) atoms. The van der Waals surface area contributed by atoms with Crippen LogP contribution in [0.5, 0.6) is 0 Å². The summed E-state index contributed by atoms with van der Waals surface area (Å²) < 4.78 is 0. The van der Waals surface area contributed by atoms with Gasteiger partial charge in [0, 0.05) is 37.1 Å². The van der Waals surface area contributed by atoms with Gasteiger partial charge in [0.05, 0.1) is 5.56 Å². The minimum absolute atomic E-state index is 0.207. The molecule has 1 aromatic rings. The van der Waals surface area contributed by atoms with E-state index in [0.717, 1.165) is 49.1 Å². The fourth-order valence-corrected chi connectivity index (χ4v) is 4.36. The van der Waals surface area contributed by atoms with Crippen molar-refractivity contribution in [2.24, 2.45) is 0 Å². The lowest BCUT2D eigenvalue weighted by molar-refractivity contribution is 0.0754. The molecule has 1 aliphatic carbocycles. The molecule has 2 fully saturated rings. The van der Waals surface area contributed by atoms with E-state index in [4.69, 9.17) is 0 Å². The molecular weight excluding hydrogens is 292 g/mol. The third-order valence-electron chi connectivity index (χ3n) is 5.00. The number of carbonyl (C=O) groups is 1. The van der Waals surface area contributed by atoms with Gasteiger partial charge in [0.15, 0.2) is 0 Å². The third-order valence-corrected chi connectivity index (χ3v) is 5.79. The molecule has 4 heteroatoms. The van der Waals surface area contributed by atoms with E-state index < -0.39 is 0 Å². The fourth-order valence-electron chi connectivity index (χ4n) is 3.77. The zero-order chi connectivity index (χ0) is 15.4. The minimum Gasteiger partial charge on any atom is -0.337 e. The summed E-state index contributed by atoms with van der Waals surface area (Å²) >= 11 is 1.66. The number of nitrogens with zero attached hydrogens (tertiary/aromatic N) is 2. The van der Waals surface area contributed by atoms with Gasteiger partial charge in [0.2, 0.25) is 0 Å². The molecular formula is C18H26N2OS. The van der Waals surface area contributed by atoms with Gasteiger partial charge in [-0.05, 0) is 37.7 Å². The maximum Gasteiger partial charge on any atom is 0.255 e. The van der Waals surface area contributed by atoms with Gasteiger partial charge in [-0.3, -0.25) is 9.69 Å². The van der Waals surface area contributed by atoms with E-state index in [9.17, 15) is 4.79 Å². The molecule has 3 nitrogen and oxygen atoms in total. The highest BCUT2D eigenvalue weighted by atomic mass is 32.2. The van der Waals surface area contributed by atoms with E-state index in [-0.39, 0.29) is 5.91 Å². The Morgan fingerprint density at radius 2 is 1.82 bits per heavy atom. The molecule has 120 valence electrons. The van der Waals surface area contributed by atoms with E-state index in [1.165, 1.54) is 25.7 Å². The lowest BCUT2D eigenvalue weighted by Gasteiger charge is -2.27. The van der Waals surface area contributed by atoms with Crippen LogP contribution in [-0.2, 0) is 0 Å². The van der Waals surface area contributed by atoms with E-state index in [1.54, 1.807) is 11.8 Å². The van der Waals surface area contributed by atoms with Crippen LogP contribution in [0.1, 0.15) is 42.5 Å². The molecule has 0 atom stereocenters. The first kappa shape index (κ1) is 15.9. The van der Waals surface area contributed by atoms with Crippen LogP contribution in [0.3, 0.4) is 0 Å². The van der Waals surface area contributed by atoms with Gasteiger partial charge in [0.25, 0.3) is 5.91 Å². The van der Waals surface area contributed by atoms with Crippen molar-refractivity contribution in [3.63, 3.8) is 0 Å². The molecule has 0 unspecified atom stereocenters. The third kappa shape index (κ3) is 3.49. The average molecular weight is 318 g/mol. The summed E-state index contributed by atoms with van der Waals surface area (Å²) in [5.74, 6) is 0.207. The van der Waals surface area contributed by atoms with Gasteiger partial charge < -0.3 is 4.90 Å². The number of rotatable bonds is 3. The second-order valence-corrected chi connectivity index (χ2v) is 7.17. The number of hydrogen-bond acceptors (Lipinski definition) is 3. The van der Waals surface area contributed by atoms with Crippen LogP contribution < -0.4 is 0 Å². The highest BCUT2D eigenvalue weighted by molar-refractivity contribution is 7.98. The summed E-state index contributed by atoms with van der Waals surface area (Å²) in [6, 6.07) is 8.75. The van der Waals surface area contributed by atoms with Crippen LogP contribution in [0.2, 0.25) is 0 Å². The van der Waals surface area contributed by atoms with Gasteiger partial charge in [-0.25, -0.2) is 0 Å². The molecule has 1 aromatic carbocycles. The maximum absolute atomic E-state index is 12.9. The van der Waals surface area contributed by atoms with Crippen LogP contribution >= 0.6 is 11.8 Å². The van der Waals surface area contributed by atoms with E-state index in [1.807, 2.05) is 30.5 Å². The largest absolute Gasteiger partial charge is 0.337 e. The first-order valence-electron chi connectivity index (χ1n) is 8.46. The highest BCUT2D eigenvalue weighted by Gasteiger charge is 2.27. The predicted octanol–water partition coefficient (Wildman–Crippen LogP) is 3.50. The monoisotopic (exact) mass is 318 g/mol. The normalized spacial score (nSPS) is 21.0. The number of hydrogen-bond donors (Lipinski definition) is 0. The maximum atomic E-state index is 12.9. The number of thioether (sulfide) groups is 1. The molecule has 0 aromatic heterocycles. The molecule has 1 heterocycles. The van der Waals surface area contributed by atoms with Gasteiger partial charge in [-0.15, -0.1) is 11.8 Å². The second kappa shape index (κ2) is 7.51. The second-order valence-electron chi connectivity index (χ2n) is 6.32. The molecule has 3 rings (SSSR count). The summed E-state index contributed by atoms with van der Waals surface area (Å²) in [5, 5.41) is 0. The quantitative estimate of drug-likeness (QED) is 0.797. The van der Waals surface area contributed by atoms with Crippen LogP contribution in [0.4, 0.5) is 0 Å². The summed E-state index contributed by atoms with van der Waals surface area (Å²) in [4.78, 5) is 18.6. The molecule has 0 N–H and O–H groups in total. The first-order valence-corrected chi connectivity index (χ1v) is 9.68. The van der Waals surface area contributed by atoms with Crippen LogP contribution in [-0.4, -0.2) is 54.2 Å². The smallest absolute Gasteiger partial charge is 0.255 e. The molecule has 0 spiro atoms. The van der Waals surface area contributed by atoms with Crippen LogP contribution in [0.15, 0.2) is 29.2 Å². The predicted molar refractivity (Wildman–Crippen MR) is 92.6 cm³/mol. The molecule has 1 saturated carbocycles. The fraction of sp³-hybridized carbons (Fsp3) is 0.611. The molecule has 1 saturated heterocycles. The van der Waals surface area contributed by atoms with Crippen molar-refractivity contribution >= 4 is 17.7 Å². The number of carbonyl (C=O) groups excluding carboxylic acids is 1. The van der Waals surface area contributed by atoms with E-state index in [0.29, 0.717) is 0 Å². The summed E-state index contributed by atoms with van der Waals surface area (Å²) in [6.45, 7) is 3.96. The molecule has 1 aliphatic heterocycles. The van der Waals surface area contributed by atoms with Crippen molar-refractivity contribution in [2.45, 2.75) is 43.0 Å². The summed E-state index contributed by atoms with van der Waals surface area (Å²) in [5.41, 5.74) is 0.865. The Bertz CT molecular complexity index is 514. The minimum atomic E-state index is 0.207. The van der Waals surface area contributed by atoms with Crippen molar-refractivity contribution in [2.75, 3.05) is 32.4 Å². The number of amides is 1. The molecule has 0 bridgehead atoms. The molecule has 0 radical (unpaired) electrons. The SMILES string of the molecule is CSc1ccccc1C(=O)N1CCCN(C2CCCC2)CC1. The van der Waals surface area contributed by atoms with Crippen LogP contribution in [0, 0.1) is 0 Å². The topological polar surface area (TPSA) is 23.6 Å². The standard InChI is InChI=1S/C18H26N2OS/c1-22-17-10-5-4-9-16(17)18(21)20-12-6-11-19(13-14-20)15-7-2-3-8-15/h4-5,9-10,15H,2-3,6-8,11-14H2,1H3. The Labute approximate surface area is 138 Å². The van der Waals surface area contributed by atoms with Crippen molar-refractivity contribution in [3.8, 4) is 0 Å². The lowest BCUT2D eigenvalue weighted by Crippen LogP contribution is -2.38. The van der Waals surface area contributed by atoms with Crippen molar-refractivity contribution in [3.05, 3.63) is 29.8 Å².